The van der Waals surface area contributed by atoms with Crippen molar-refractivity contribution in [3.8, 4) is 22.4 Å². The molecule has 0 aliphatic rings. The third kappa shape index (κ3) is 2.31. The van der Waals surface area contributed by atoms with Gasteiger partial charge in [0.25, 0.3) is 0 Å². The van der Waals surface area contributed by atoms with Crippen LogP contribution in [-0.4, -0.2) is 21.2 Å². The first-order valence-corrected chi connectivity index (χ1v) is 6.14. The molecule has 0 saturated carbocycles. The Morgan fingerprint density at radius 2 is 1.55 bits per heavy atom. The van der Waals surface area contributed by atoms with Crippen molar-refractivity contribution in [2.45, 2.75) is 0 Å². The van der Waals surface area contributed by atoms with E-state index in [1.54, 1.807) is 31.0 Å². The molecule has 3 aromatic rings. The number of nitrogens with zero attached hydrogens (tertiary/aromatic N) is 3. The van der Waals surface area contributed by atoms with Crippen molar-refractivity contribution >= 4 is 6.29 Å². The molecule has 3 aromatic heterocycles. The second-order valence-corrected chi connectivity index (χ2v) is 4.26. The van der Waals surface area contributed by atoms with E-state index in [-0.39, 0.29) is 0 Å². The molecule has 0 aromatic carbocycles. The zero-order valence-corrected chi connectivity index (χ0v) is 10.6. The molecule has 0 radical (unpaired) electrons. The second-order valence-electron chi connectivity index (χ2n) is 4.26. The maximum absolute atomic E-state index is 11.3. The Kier molecular flexibility index (Phi) is 3.29. The summed E-state index contributed by atoms with van der Waals surface area (Å²) in [5.74, 6) is 0. The summed E-state index contributed by atoms with van der Waals surface area (Å²) in [4.78, 5) is 23.8. The molecule has 0 saturated heterocycles. The summed E-state index contributed by atoms with van der Waals surface area (Å²) < 4.78 is 0. The van der Waals surface area contributed by atoms with Gasteiger partial charge in [0.15, 0.2) is 6.29 Å². The molecule has 96 valence electrons. The average molecular weight is 261 g/mol. The Bertz CT molecular complexity index is 727. The van der Waals surface area contributed by atoms with Crippen LogP contribution in [0.25, 0.3) is 22.4 Å². The summed E-state index contributed by atoms with van der Waals surface area (Å²) in [7, 11) is 0. The second kappa shape index (κ2) is 5.40. The highest BCUT2D eigenvalue weighted by atomic mass is 16.1. The number of carbonyl (C=O) groups is 1. The molecule has 0 atom stereocenters. The van der Waals surface area contributed by atoms with E-state index in [2.05, 4.69) is 15.0 Å². The van der Waals surface area contributed by atoms with Crippen LogP contribution in [0.15, 0.2) is 61.3 Å². The Labute approximate surface area is 116 Å². The van der Waals surface area contributed by atoms with Crippen LogP contribution in [0.2, 0.25) is 0 Å². The lowest BCUT2D eigenvalue weighted by atomic mass is 10.0. The molecule has 0 spiro atoms. The van der Waals surface area contributed by atoms with Crippen LogP contribution >= 0.6 is 0 Å². The highest BCUT2D eigenvalue weighted by molar-refractivity contribution is 5.87. The Morgan fingerprint density at radius 3 is 2.15 bits per heavy atom. The van der Waals surface area contributed by atoms with Gasteiger partial charge in [0.1, 0.15) is 0 Å². The summed E-state index contributed by atoms with van der Waals surface area (Å²) in [6, 6.07) is 9.30. The standard InChI is InChI=1S/C16H11N3O/c20-11-15-7-14(12-3-1-5-17-8-12)10-19-16(15)13-4-2-6-18-9-13/h1-11H. The largest absolute Gasteiger partial charge is 0.298 e. The zero-order valence-electron chi connectivity index (χ0n) is 10.6. The van der Waals surface area contributed by atoms with Crippen molar-refractivity contribution in [2.24, 2.45) is 0 Å². The number of rotatable bonds is 3. The minimum Gasteiger partial charge on any atom is -0.298 e. The van der Waals surface area contributed by atoms with E-state index in [9.17, 15) is 4.79 Å². The molecule has 0 N–H and O–H groups in total. The maximum Gasteiger partial charge on any atom is 0.152 e. The normalized spacial score (nSPS) is 10.2. The van der Waals surface area contributed by atoms with Gasteiger partial charge in [-0.05, 0) is 24.3 Å². The molecule has 0 amide bonds. The van der Waals surface area contributed by atoms with Gasteiger partial charge in [-0.15, -0.1) is 0 Å². The van der Waals surface area contributed by atoms with Crippen LogP contribution in [0.3, 0.4) is 0 Å². The van der Waals surface area contributed by atoms with Crippen LogP contribution < -0.4 is 0 Å². The lowest BCUT2D eigenvalue weighted by Gasteiger charge is -2.06. The highest BCUT2D eigenvalue weighted by Crippen LogP contribution is 2.24. The smallest absolute Gasteiger partial charge is 0.152 e. The highest BCUT2D eigenvalue weighted by Gasteiger charge is 2.08. The molecule has 20 heavy (non-hydrogen) atoms. The summed E-state index contributed by atoms with van der Waals surface area (Å²) in [5, 5.41) is 0. The van der Waals surface area contributed by atoms with Crippen molar-refractivity contribution < 1.29 is 4.79 Å². The first kappa shape index (κ1) is 12.2. The van der Waals surface area contributed by atoms with Gasteiger partial charge in [-0.3, -0.25) is 19.7 Å². The van der Waals surface area contributed by atoms with E-state index in [4.69, 9.17) is 0 Å². The van der Waals surface area contributed by atoms with Crippen molar-refractivity contribution in [1.82, 2.24) is 15.0 Å². The van der Waals surface area contributed by atoms with Gasteiger partial charge < -0.3 is 0 Å². The van der Waals surface area contributed by atoms with Crippen molar-refractivity contribution in [3.05, 3.63) is 66.9 Å². The van der Waals surface area contributed by atoms with E-state index in [0.717, 1.165) is 23.0 Å². The molecule has 0 unspecified atom stereocenters. The quantitative estimate of drug-likeness (QED) is 0.680. The van der Waals surface area contributed by atoms with Gasteiger partial charge in [0, 0.05) is 53.2 Å². The zero-order chi connectivity index (χ0) is 13.8. The van der Waals surface area contributed by atoms with Crippen LogP contribution in [0, 0.1) is 0 Å². The van der Waals surface area contributed by atoms with Crippen LogP contribution in [0.1, 0.15) is 10.4 Å². The van der Waals surface area contributed by atoms with Gasteiger partial charge in [0.05, 0.1) is 5.69 Å². The lowest BCUT2D eigenvalue weighted by molar-refractivity contribution is 0.112. The summed E-state index contributed by atoms with van der Waals surface area (Å²) >= 11 is 0. The van der Waals surface area contributed by atoms with Crippen molar-refractivity contribution in [3.63, 3.8) is 0 Å². The third-order valence-electron chi connectivity index (χ3n) is 2.97. The van der Waals surface area contributed by atoms with Crippen molar-refractivity contribution in [1.29, 1.82) is 0 Å². The first-order valence-electron chi connectivity index (χ1n) is 6.14. The molecule has 0 bridgehead atoms. The summed E-state index contributed by atoms with van der Waals surface area (Å²) in [5.41, 5.74) is 3.81. The molecule has 3 rings (SSSR count). The average Bonchev–Trinajstić information content (AvgIpc) is 2.56. The molecular weight excluding hydrogens is 250 g/mol. The fourth-order valence-corrected chi connectivity index (χ4v) is 2.01. The number of pyridine rings is 3. The summed E-state index contributed by atoms with van der Waals surface area (Å²) in [6.45, 7) is 0. The Morgan fingerprint density at radius 1 is 0.850 bits per heavy atom. The van der Waals surface area contributed by atoms with E-state index in [1.807, 2.05) is 30.3 Å². The molecular formula is C16H11N3O. The maximum atomic E-state index is 11.3. The number of hydrogen-bond acceptors (Lipinski definition) is 4. The SMILES string of the molecule is O=Cc1cc(-c2cccnc2)cnc1-c1cccnc1. The molecule has 0 fully saturated rings. The fourth-order valence-electron chi connectivity index (χ4n) is 2.01. The number of aromatic nitrogens is 3. The van der Waals surface area contributed by atoms with Crippen LogP contribution in [0.5, 0.6) is 0 Å². The van der Waals surface area contributed by atoms with Gasteiger partial charge in [-0.2, -0.15) is 0 Å². The van der Waals surface area contributed by atoms with Gasteiger partial charge in [-0.25, -0.2) is 0 Å². The predicted octanol–water partition coefficient (Wildman–Crippen LogP) is 3.02. The van der Waals surface area contributed by atoms with Gasteiger partial charge in [-0.1, -0.05) is 6.07 Å². The topological polar surface area (TPSA) is 55.7 Å². The van der Waals surface area contributed by atoms with Gasteiger partial charge in [0.2, 0.25) is 0 Å². The van der Waals surface area contributed by atoms with Crippen molar-refractivity contribution in [2.75, 3.05) is 0 Å². The minimum absolute atomic E-state index is 0.541. The molecule has 0 aliphatic carbocycles. The Balaban J connectivity index is 2.10. The van der Waals surface area contributed by atoms with E-state index < -0.39 is 0 Å². The van der Waals surface area contributed by atoms with E-state index in [1.165, 1.54) is 0 Å². The van der Waals surface area contributed by atoms with E-state index in [0.29, 0.717) is 11.3 Å². The van der Waals surface area contributed by atoms with Crippen LogP contribution in [0.4, 0.5) is 0 Å². The number of hydrogen-bond donors (Lipinski definition) is 0. The Hall–Kier alpha value is -2.88. The predicted molar refractivity (Wildman–Crippen MR) is 76.1 cm³/mol. The molecule has 4 nitrogen and oxygen atoms in total. The number of aldehydes is 1. The first-order chi connectivity index (χ1) is 9.88. The molecule has 0 aliphatic heterocycles. The minimum atomic E-state index is 0.541. The number of carbonyl (C=O) groups excluding carboxylic acids is 1. The fraction of sp³-hybridized carbons (Fsp3) is 0. The monoisotopic (exact) mass is 261 g/mol. The van der Waals surface area contributed by atoms with Gasteiger partial charge >= 0.3 is 0 Å². The molecule has 4 heteroatoms. The summed E-state index contributed by atoms with van der Waals surface area (Å²) in [6.07, 6.45) is 9.39. The molecule has 3 heterocycles. The third-order valence-corrected chi connectivity index (χ3v) is 2.97. The lowest BCUT2D eigenvalue weighted by Crippen LogP contribution is -1.94. The van der Waals surface area contributed by atoms with Crippen LogP contribution in [-0.2, 0) is 0 Å². The van der Waals surface area contributed by atoms with E-state index >= 15 is 0 Å².